The lowest BCUT2D eigenvalue weighted by atomic mass is 9.97. The Morgan fingerprint density at radius 1 is 1.46 bits per heavy atom. The van der Waals surface area contributed by atoms with Crippen LogP contribution in [0.25, 0.3) is 0 Å². The summed E-state index contributed by atoms with van der Waals surface area (Å²) in [4.78, 5) is 11.5. The van der Waals surface area contributed by atoms with E-state index in [2.05, 4.69) is 5.32 Å². The molecule has 1 heterocycles. The Morgan fingerprint density at radius 3 is 2.38 bits per heavy atom. The number of methoxy groups -OCH3 is 1. The molecule has 1 unspecified atom stereocenters. The highest BCUT2D eigenvalue weighted by Crippen LogP contribution is 2.26. The van der Waals surface area contributed by atoms with Crippen molar-refractivity contribution < 1.29 is 13.7 Å². The molecule has 0 bridgehead atoms. The van der Waals surface area contributed by atoms with Crippen molar-refractivity contribution >= 4 is 16.8 Å². The number of ether oxygens (including phenoxy) is 1. The van der Waals surface area contributed by atoms with E-state index in [-0.39, 0.29) is 5.97 Å². The first-order valence-corrected chi connectivity index (χ1v) is 5.82. The van der Waals surface area contributed by atoms with Crippen LogP contribution in [0.15, 0.2) is 0 Å². The summed E-state index contributed by atoms with van der Waals surface area (Å²) in [7, 11) is 0.191. The number of rotatable bonds is 2. The Balaban J connectivity index is 2.85. The molecule has 1 aliphatic heterocycles. The van der Waals surface area contributed by atoms with Crippen LogP contribution in [0, 0.1) is 0 Å². The van der Waals surface area contributed by atoms with Crippen molar-refractivity contribution in [2.45, 2.75) is 17.6 Å². The molecule has 5 heteroatoms. The van der Waals surface area contributed by atoms with E-state index < -0.39 is 15.5 Å². The monoisotopic (exact) mass is 205 g/mol. The van der Waals surface area contributed by atoms with E-state index in [1.165, 1.54) is 7.11 Å². The number of carbonyl (C=O) groups excluding carboxylic acids is 1. The fourth-order valence-electron chi connectivity index (χ4n) is 1.63. The number of hydrogen-bond donors (Lipinski definition) is 1. The van der Waals surface area contributed by atoms with Crippen molar-refractivity contribution in [1.29, 1.82) is 0 Å². The lowest BCUT2D eigenvalue weighted by Crippen LogP contribution is -2.51. The predicted molar refractivity (Wildman–Crippen MR) is 50.9 cm³/mol. The van der Waals surface area contributed by atoms with Gasteiger partial charge in [0.15, 0.2) is 0 Å². The van der Waals surface area contributed by atoms with Gasteiger partial charge in [-0.05, 0) is 25.9 Å². The Morgan fingerprint density at radius 2 is 2.00 bits per heavy atom. The van der Waals surface area contributed by atoms with Crippen LogP contribution in [0.3, 0.4) is 0 Å². The highest BCUT2D eigenvalue weighted by molar-refractivity contribution is 7.86. The summed E-state index contributed by atoms with van der Waals surface area (Å²) in [5, 5.41) is 3.13. The van der Waals surface area contributed by atoms with Gasteiger partial charge in [0.2, 0.25) is 0 Å². The smallest absolute Gasteiger partial charge is 0.324 e. The molecular formula is C8H15NO3S. The van der Waals surface area contributed by atoms with E-state index in [0.29, 0.717) is 12.8 Å². The molecule has 13 heavy (non-hydrogen) atoms. The molecule has 1 aliphatic rings. The molecular weight excluding hydrogens is 190 g/mol. The van der Waals surface area contributed by atoms with Crippen molar-refractivity contribution in [2.24, 2.45) is 0 Å². The van der Waals surface area contributed by atoms with Crippen molar-refractivity contribution in [3.05, 3.63) is 0 Å². The van der Waals surface area contributed by atoms with Gasteiger partial charge < -0.3 is 10.1 Å². The van der Waals surface area contributed by atoms with E-state index in [9.17, 15) is 9.00 Å². The normalized spacial score (nSPS) is 23.5. The van der Waals surface area contributed by atoms with Gasteiger partial charge in [-0.2, -0.15) is 0 Å². The van der Waals surface area contributed by atoms with Gasteiger partial charge >= 0.3 is 5.97 Å². The minimum Gasteiger partial charge on any atom is -0.468 e. The molecule has 0 spiro atoms. The third-order valence-corrected chi connectivity index (χ3v) is 4.19. The maximum Gasteiger partial charge on any atom is 0.324 e. The summed E-state index contributed by atoms with van der Waals surface area (Å²) in [6, 6.07) is 0. The zero-order valence-corrected chi connectivity index (χ0v) is 8.78. The maximum atomic E-state index is 11.5. The van der Waals surface area contributed by atoms with Gasteiger partial charge in [0, 0.05) is 17.1 Å². The summed E-state index contributed by atoms with van der Waals surface area (Å²) in [6.45, 7) is 1.46. The van der Waals surface area contributed by atoms with Crippen LogP contribution < -0.4 is 5.32 Å². The number of nitrogens with one attached hydrogen (secondary N) is 1. The predicted octanol–water partition coefficient (Wildman–Crippen LogP) is -0.340. The van der Waals surface area contributed by atoms with E-state index in [4.69, 9.17) is 4.74 Å². The van der Waals surface area contributed by atoms with Gasteiger partial charge in [-0.1, -0.05) is 0 Å². The van der Waals surface area contributed by atoms with Crippen LogP contribution in [0.4, 0.5) is 0 Å². The molecule has 0 aliphatic carbocycles. The molecule has 76 valence electrons. The number of esters is 1. The van der Waals surface area contributed by atoms with E-state index in [1.54, 1.807) is 6.26 Å². The maximum absolute atomic E-state index is 11.5. The van der Waals surface area contributed by atoms with Crippen molar-refractivity contribution in [3.63, 3.8) is 0 Å². The van der Waals surface area contributed by atoms with Gasteiger partial charge in [-0.15, -0.1) is 0 Å². The minimum atomic E-state index is -1.16. The zero-order chi connectivity index (χ0) is 9.90. The molecule has 0 aromatic heterocycles. The topological polar surface area (TPSA) is 55.4 Å². The molecule has 1 fully saturated rings. The summed E-state index contributed by atoms with van der Waals surface area (Å²) in [6.07, 6.45) is 2.77. The molecule has 0 radical (unpaired) electrons. The lowest BCUT2D eigenvalue weighted by molar-refractivity contribution is -0.144. The third-order valence-electron chi connectivity index (χ3n) is 2.52. The number of hydrogen-bond acceptors (Lipinski definition) is 4. The first kappa shape index (κ1) is 10.7. The Labute approximate surface area is 80.5 Å². The summed E-state index contributed by atoms with van der Waals surface area (Å²) in [5.74, 6) is -0.338. The van der Waals surface area contributed by atoms with E-state index in [1.807, 2.05) is 0 Å². The molecule has 1 rings (SSSR count). The average molecular weight is 205 g/mol. The van der Waals surface area contributed by atoms with E-state index in [0.717, 1.165) is 13.1 Å². The third kappa shape index (κ3) is 1.91. The molecule has 0 amide bonds. The van der Waals surface area contributed by atoms with Crippen LogP contribution in [0.5, 0.6) is 0 Å². The summed E-state index contributed by atoms with van der Waals surface area (Å²) in [5.41, 5.74) is 0. The number of piperidine rings is 1. The SMILES string of the molecule is COC(=O)C1(S(C)=O)CCNCC1. The van der Waals surface area contributed by atoms with Crippen LogP contribution >= 0.6 is 0 Å². The highest BCUT2D eigenvalue weighted by atomic mass is 32.2. The molecule has 1 saturated heterocycles. The van der Waals surface area contributed by atoms with Crippen molar-refractivity contribution in [1.82, 2.24) is 5.32 Å². The minimum absolute atomic E-state index is 0.338. The Bertz CT molecular complexity index is 223. The fourth-order valence-corrected chi connectivity index (χ4v) is 2.72. The quantitative estimate of drug-likeness (QED) is 0.627. The van der Waals surface area contributed by atoms with E-state index >= 15 is 0 Å². The molecule has 0 saturated carbocycles. The summed E-state index contributed by atoms with van der Waals surface area (Å²) >= 11 is 0. The highest BCUT2D eigenvalue weighted by Gasteiger charge is 2.44. The van der Waals surface area contributed by atoms with Crippen LogP contribution in [0.2, 0.25) is 0 Å². The largest absolute Gasteiger partial charge is 0.468 e. The molecule has 1 N–H and O–H groups in total. The van der Waals surface area contributed by atoms with Gasteiger partial charge in [0.1, 0.15) is 4.75 Å². The Hall–Kier alpha value is -0.420. The standard InChI is InChI=1S/C8H15NO3S/c1-12-7(10)8(13(2)11)3-5-9-6-4-8/h9H,3-6H2,1-2H3. The van der Waals surface area contributed by atoms with Gasteiger partial charge in [-0.25, -0.2) is 0 Å². The lowest BCUT2D eigenvalue weighted by Gasteiger charge is -2.32. The first-order chi connectivity index (χ1) is 6.13. The average Bonchev–Trinajstić information content (AvgIpc) is 2.17. The van der Waals surface area contributed by atoms with Crippen LogP contribution in [-0.2, 0) is 20.3 Å². The number of carbonyl (C=O) groups is 1. The molecule has 4 nitrogen and oxygen atoms in total. The summed E-state index contributed by atoms with van der Waals surface area (Å²) < 4.78 is 15.4. The second-order valence-corrected chi connectivity index (χ2v) is 4.88. The van der Waals surface area contributed by atoms with Gasteiger partial charge in [0.05, 0.1) is 7.11 Å². The van der Waals surface area contributed by atoms with Crippen molar-refractivity contribution in [3.8, 4) is 0 Å². The second-order valence-electron chi connectivity index (χ2n) is 3.19. The van der Waals surface area contributed by atoms with Gasteiger partial charge in [-0.3, -0.25) is 9.00 Å². The molecule has 1 atom stereocenters. The molecule has 0 aromatic rings. The second kappa shape index (κ2) is 4.19. The molecule has 0 aromatic carbocycles. The van der Waals surface area contributed by atoms with Gasteiger partial charge in [0.25, 0.3) is 0 Å². The van der Waals surface area contributed by atoms with Crippen molar-refractivity contribution in [2.75, 3.05) is 26.5 Å². The van der Waals surface area contributed by atoms with Crippen LogP contribution in [-0.4, -0.2) is 41.4 Å². The fraction of sp³-hybridized carbons (Fsp3) is 0.875. The Kier molecular flexibility index (Phi) is 3.44. The van der Waals surface area contributed by atoms with Crippen LogP contribution in [0.1, 0.15) is 12.8 Å². The first-order valence-electron chi connectivity index (χ1n) is 4.26. The zero-order valence-electron chi connectivity index (χ0n) is 7.96.